The lowest BCUT2D eigenvalue weighted by atomic mass is 10.0. The molecule has 7 heteroatoms. The van der Waals surface area contributed by atoms with Crippen molar-refractivity contribution in [3.63, 3.8) is 0 Å². The Kier molecular flexibility index (Phi) is 5.85. The summed E-state index contributed by atoms with van der Waals surface area (Å²) in [6.07, 6.45) is -1.80. The maximum atomic E-state index is 11.5. The Bertz CT molecular complexity index is 575. The number of pyridine rings is 1. The number of carbonyl (C=O) groups excluding carboxylic acids is 1. The molecule has 0 fully saturated rings. The van der Waals surface area contributed by atoms with Crippen molar-refractivity contribution >= 4 is 6.09 Å². The number of aryl methyl sites for hydroxylation is 1. The van der Waals surface area contributed by atoms with E-state index in [0.29, 0.717) is 11.1 Å². The van der Waals surface area contributed by atoms with Gasteiger partial charge in [-0.1, -0.05) is 0 Å². The molecule has 1 rings (SSSR count). The highest BCUT2D eigenvalue weighted by molar-refractivity contribution is 5.67. The fourth-order valence-corrected chi connectivity index (χ4v) is 1.71. The number of carbonyl (C=O) groups is 1. The Balaban J connectivity index is 2.62. The van der Waals surface area contributed by atoms with Gasteiger partial charge >= 0.3 is 6.09 Å². The van der Waals surface area contributed by atoms with E-state index in [9.17, 15) is 15.0 Å². The summed E-state index contributed by atoms with van der Waals surface area (Å²) in [6, 6.07) is 3.50. The number of hydrogen-bond donors (Lipinski definition) is 3. The lowest BCUT2D eigenvalue weighted by molar-refractivity contribution is 0.0127. The van der Waals surface area contributed by atoms with E-state index in [4.69, 9.17) is 10.00 Å². The van der Waals surface area contributed by atoms with Crippen LogP contribution in [-0.4, -0.2) is 39.5 Å². The highest BCUT2D eigenvalue weighted by Gasteiger charge is 2.22. The van der Waals surface area contributed by atoms with E-state index in [1.165, 1.54) is 6.20 Å². The summed E-state index contributed by atoms with van der Waals surface area (Å²) in [5, 5.41) is 31.2. The Labute approximate surface area is 129 Å². The minimum atomic E-state index is -1.23. The van der Waals surface area contributed by atoms with Gasteiger partial charge in [-0.2, -0.15) is 5.26 Å². The molecular weight excluding hydrogens is 286 g/mol. The first-order chi connectivity index (χ1) is 10.1. The zero-order chi connectivity index (χ0) is 16.9. The third-order valence-electron chi connectivity index (χ3n) is 2.77. The summed E-state index contributed by atoms with van der Waals surface area (Å²) in [5.41, 5.74) is 0.598. The maximum Gasteiger partial charge on any atom is 0.407 e. The van der Waals surface area contributed by atoms with Crippen LogP contribution in [0.5, 0.6) is 0 Å². The lowest BCUT2D eigenvalue weighted by Gasteiger charge is -2.22. The molecule has 120 valence electrons. The minimum Gasteiger partial charge on any atom is -0.444 e. The van der Waals surface area contributed by atoms with E-state index in [1.54, 1.807) is 33.8 Å². The number of amides is 1. The summed E-state index contributed by atoms with van der Waals surface area (Å²) in [7, 11) is 0. The molecule has 1 amide bonds. The number of alkyl carbamates (subject to hydrolysis) is 1. The number of ether oxygens (including phenoxy) is 1. The van der Waals surface area contributed by atoms with Gasteiger partial charge in [-0.15, -0.1) is 0 Å². The van der Waals surface area contributed by atoms with Crippen LogP contribution in [0.3, 0.4) is 0 Å². The zero-order valence-electron chi connectivity index (χ0n) is 13.1. The molecule has 0 saturated heterocycles. The van der Waals surface area contributed by atoms with Crippen molar-refractivity contribution in [2.75, 3.05) is 6.54 Å². The van der Waals surface area contributed by atoms with E-state index < -0.39 is 23.9 Å². The summed E-state index contributed by atoms with van der Waals surface area (Å²) in [6.45, 7) is 6.69. The molecule has 22 heavy (non-hydrogen) atoms. The smallest absolute Gasteiger partial charge is 0.407 e. The Hall–Kier alpha value is -2.17. The molecule has 1 heterocycles. The number of nitriles is 1. The monoisotopic (exact) mass is 307 g/mol. The second kappa shape index (κ2) is 7.20. The molecular formula is C15H21N3O4. The SMILES string of the molecule is Cc1cc(C(O)C(O)CNC(=O)OC(C)(C)C)cnc1C#N. The number of aliphatic hydroxyl groups excluding tert-OH is 2. The summed E-state index contributed by atoms with van der Waals surface area (Å²) >= 11 is 0. The number of aliphatic hydroxyl groups is 2. The number of hydrogen-bond acceptors (Lipinski definition) is 6. The first kappa shape index (κ1) is 17.9. The van der Waals surface area contributed by atoms with E-state index in [-0.39, 0.29) is 12.2 Å². The van der Waals surface area contributed by atoms with E-state index in [2.05, 4.69) is 10.3 Å². The van der Waals surface area contributed by atoms with Crippen LogP contribution in [-0.2, 0) is 4.74 Å². The molecule has 0 aliphatic carbocycles. The van der Waals surface area contributed by atoms with Gasteiger partial charge in [0.05, 0.1) is 0 Å². The van der Waals surface area contributed by atoms with Crippen LogP contribution in [0, 0.1) is 18.3 Å². The number of nitrogens with one attached hydrogen (secondary N) is 1. The molecule has 2 unspecified atom stereocenters. The van der Waals surface area contributed by atoms with Crippen LogP contribution in [0.1, 0.15) is 43.7 Å². The van der Waals surface area contributed by atoms with Gasteiger partial charge in [-0.05, 0) is 39.3 Å². The molecule has 7 nitrogen and oxygen atoms in total. The van der Waals surface area contributed by atoms with Crippen molar-refractivity contribution in [3.8, 4) is 6.07 Å². The largest absolute Gasteiger partial charge is 0.444 e. The van der Waals surface area contributed by atoms with Gasteiger partial charge in [-0.25, -0.2) is 9.78 Å². The van der Waals surface area contributed by atoms with Crippen molar-refractivity contribution < 1.29 is 19.7 Å². The van der Waals surface area contributed by atoms with Crippen molar-refractivity contribution in [1.82, 2.24) is 10.3 Å². The van der Waals surface area contributed by atoms with Gasteiger partial charge < -0.3 is 20.3 Å². The highest BCUT2D eigenvalue weighted by atomic mass is 16.6. The summed E-state index contributed by atoms with van der Waals surface area (Å²) in [4.78, 5) is 15.4. The van der Waals surface area contributed by atoms with E-state index in [0.717, 1.165) is 0 Å². The standard InChI is InChI=1S/C15H21N3O4/c1-9-5-10(7-17-11(9)6-16)13(20)12(19)8-18-14(21)22-15(2,3)4/h5,7,12-13,19-20H,8H2,1-4H3,(H,18,21). The molecule has 0 aliphatic rings. The number of nitrogens with zero attached hydrogens (tertiary/aromatic N) is 2. The van der Waals surface area contributed by atoms with Crippen LogP contribution in [0.25, 0.3) is 0 Å². The fraction of sp³-hybridized carbons (Fsp3) is 0.533. The number of rotatable bonds is 4. The second-order valence-corrected chi connectivity index (χ2v) is 5.94. The third kappa shape index (κ3) is 5.31. The molecule has 0 saturated carbocycles. The van der Waals surface area contributed by atoms with Crippen molar-refractivity contribution in [2.24, 2.45) is 0 Å². The Morgan fingerprint density at radius 1 is 1.50 bits per heavy atom. The predicted octanol–water partition coefficient (Wildman–Crippen LogP) is 1.18. The Morgan fingerprint density at radius 3 is 2.64 bits per heavy atom. The summed E-state index contributed by atoms with van der Waals surface area (Å²) in [5.74, 6) is 0. The Morgan fingerprint density at radius 2 is 2.14 bits per heavy atom. The molecule has 3 N–H and O–H groups in total. The van der Waals surface area contributed by atoms with Crippen molar-refractivity contribution in [2.45, 2.75) is 45.5 Å². The quantitative estimate of drug-likeness (QED) is 0.769. The van der Waals surface area contributed by atoms with Gasteiger partial charge in [0, 0.05) is 18.3 Å². The van der Waals surface area contributed by atoms with E-state index >= 15 is 0 Å². The molecule has 1 aromatic heterocycles. The summed E-state index contributed by atoms with van der Waals surface area (Å²) < 4.78 is 5.03. The molecule has 0 spiro atoms. The molecule has 0 bridgehead atoms. The average molecular weight is 307 g/mol. The van der Waals surface area contributed by atoms with Crippen molar-refractivity contribution in [1.29, 1.82) is 5.26 Å². The van der Waals surface area contributed by atoms with Gasteiger partial charge in [0.1, 0.15) is 29.6 Å². The maximum absolute atomic E-state index is 11.5. The molecule has 1 aromatic rings. The van der Waals surface area contributed by atoms with E-state index in [1.807, 2.05) is 6.07 Å². The lowest BCUT2D eigenvalue weighted by Crippen LogP contribution is -2.38. The predicted molar refractivity (Wildman–Crippen MR) is 78.9 cm³/mol. The molecule has 0 aliphatic heterocycles. The topological polar surface area (TPSA) is 115 Å². The van der Waals surface area contributed by atoms with Crippen LogP contribution < -0.4 is 5.32 Å². The van der Waals surface area contributed by atoms with Crippen LogP contribution in [0.2, 0.25) is 0 Å². The fourth-order valence-electron chi connectivity index (χ4n) is 1.71. The first-order valence-electron chi connectivity index (χ1n) is 6.83. The third-order valence-corrected chi connectivity index (χ3v) is 2.77. The van der Waals surface area contributed by atoms with Crippen LogP contribution >= 0.6 is 0 Å². The second-order valence-electron chi connectivity index (χ2n) is 5.94. The van der Waals surface area contributed by atoms with Gasteiger partial charge in [0.2, 0.25) is 0 Å². The van der Waals surface area contributed by atoms with Crippen LogP contribution in [0.4, 0.5) is 4.79 Å². The molecule has 0 aromatic carbocycles. The van der Waals surface area contributed by atoms with Crippen molar-refractivity contribution in [3.05, 3.63) is 29.1 Å². The number of aromatic nitrogens is 1. The zero-order valence-corrected chi connectivity index (χ0v) is 13.1. The molecule has 0 radical (unpaired) electrons. The average Bonchev–Trinajstić information content (AvgIpc) is 2.42. The van der Waals surface area contributed by atoms with Gasteiger partial charge in [0.25, 0.3) is 0 Å². The van der Waals surface area contributed by atoms with Gasteiger partial charge in [-0.3, -0.25) is 0 Å². The normalized spacial score (nSPS) is 13.9. The van der Waals surface area contributed by atoms with Gasteiger partial charge in [0.15, 0.2) is 0 Å². The highest BCUT2D eigenvalue weighted by Crippen LogP contribution is 2.18. The van der Waals surface area contributed by atoms with Crippen LogP contribution in [0.15, 0.2) is 12.3 Å². The molecule has 2 atom stereocenters. The first-order valence-corrected chi connectivity index (χ1v) is 6.83. The minimum absolute atomic E-state index is 0.171.